The van der Waals surface area contributed by atoms with Crippen molar-refractivity contribution in [1.29, 1.82) is 0 Å². The highest BCUT2D eigenvalue weighted by Crippen LogP contribution is 2.41. The summed E-state index contributed by atoms with van der Waals surface area (Å²) >= 11 is 0. The number of carbonyl (C=O) groups is 2. The van der Waals surface area contributed by atoms with E-state index >= 15 is 0 Å². The van der Waals surface area contributed by atoms with E-state index in [1.165, 1.54) is 0 Å². The quantitative estimate of drug-likeness (QED) is 0.759. The lowest BCUT2D eigenvalue weighted by atomic mass is 10.1. The molecule has 0 aliphatic carbocycles. The summed E-state index contributed by atoms with van der Waals surface area (Å²) in [6, 6.07) is 15.0. The molecule has 0 saturated carbocycles. The average molecular weight is 406 g/mol. The molecule has 5 rings (SSSR count). The third-order valence-corrected chi connectivity index (χ3v) is 6.51. The second-order valence-corrected chi connectivity index (χ2v) is 8.09. The predicted octanol–water partition coefficient (Wildman–Crippen LogP) is 3.90. The van der Waals surface area contributed by atoms with Crippen molar-refractivity contribution < 1.29 is 19.1 Å². The fraction of sp³-hybridized carbons (Fsp3) is 0.417. The molecule has 1 saturated heterocycles. The van der Waals surface area contributed by atoms with E-state index in [9.17, 15) is 9.59 Å². The second-order valence-electron chi connectivity index (χ2n) is 8.09. The minimum absolute atomic E-state index is 0.0144. The molecule has 0 N–H and O–H groups in total. The van der Waals surface area contributed by atoms with Crippen LogP contribution in [0.1, 0.15) is 71.0 Å². The molecule has 0 unspecified atom stereocenters. The molecule has 0 aromatic heterocycles. The number of fused-ring (bicyclic) bond motifs is 6. The maximum absolute atomic E-state index is 13.2. The fourth-order valence-electron chi connectivity index (χ4n) is 4.85. The lowest BCUT2D eigenvalue weighted by Crippen LogP contribution is -2.48. The van der Waals surface area contributed by atoms with Gasteiger partial charge in [0.2, 0.25) is 0 Å². The van der Waals surface area contributed by atoms with Gasteiger partial charge in [-0.1, -0.05) is 50.2 Å². The van der Waals surface area contributed by atoms with Gasteiger partial charge in [0.25, 0.3) is 11.8 Å². The number of nitrogens with zero attached hydrogens (tertiary/aromatic N) is 2. The molecule has 2 amide bonds. The number of hydrogen-bond donors (Lipinski definition) is 0. The summed E-state index contributed by atoms with van der Waals surface area (Å²) in [6.07, 6.45) is 0.568. The van der Waals surface area contributed by atoms with Crippen LogP contribution in [0.25, 0.3) is 0 Å². The molecular weight excluding hydrogens is 380 g/mol. The number of hydrogen-bond acceptors (Lipinski definition) is 4. The van der Waals surface area contributed by atoms with Gasteiger partial charge in [-0.3, -0.25) is 9.59 Å². The van der Waals surface area contributed by atoms with E-state index in [-0.39, 0.29) is 23.9 Å². The van der Waals surface area contributed by atoms with Gasteiger partial charge < -0.3 is 19.3 Å². The Morgan fingerprint density at radius 2 is 1.13 bits per heavy atom. The molecule has 6 heteroatoms. The van der Waals surface area contributed by atoms with E-state index in [4.69, 9.17) is 9.47 Å². The Morgan fingerprint density at radius 3 is 1.53 bits per heavy atom. The molecule has 2 aromatic carbocycles. The van der Waals surface area contributed by atoms with Crippen LogP contribution in [0.5, 0.6) is 0 Å². The third-order valence-electron chi connectivity index (χ3n) is 6.51. The van der Waals surface area contributed by atoms with Gasteiger partial charge in [0.15, 0.2) is 12.5 Å². The Labute approximate surface area is 176 Å². The Kier molecular flexibility index (Phi) is 4.83. The molecule has 1 fully saturated rings. The van der Waals surface area contributed by atoms with Crippen molar-refractivity contribution in [2.24, 2.45) is 0 Å². The van der Waals surface area contributed by atoms with Crippen LogP contribution in [0.15, 0.2) is 48.5 Å². The molecule has 3 aliphatic rings. The zero-order chi connectivity index (χ0) is 20.8. The number of benzene rings is 2. The second kappa shape index (κ2) is 7.52. The maximum Gasteiger partial charge on any atom is 0.256 e. The summed E-state index contributed by atoms with van der Waals surface area (Å²) in [5.74, 6) is -0.0288. The Bertz CT molecular complexity index is 911. The van der Waals surface area contributed by atoms with E-state index in [1.807, 2.05) is 72.2 Å². The third kappa shape index (κ3) is 2.78. The van der Waals surface area contributed by atoms with E-state index < -0.39 is 12.5 Å². The predicted molar refractivity (Wildman–Crippen MR) is 111 cm³/mol. The average Bonchev–Trinajstić information content (AvgIpc) is 3.22. The zero-order valence-corrected chi connectivity index (χ0v) is 17.3. The first-order chi connectivity index (χ1) is 14.7. The van der Waals surface area contributed by atoms with Crippen LogP contribution >= 0.6 is 0 Å². The van der Waals surface area contributed by atoms with Crippen molar-refractivity contribution in [3.63, 3.8) is 0 Å². The fourth-order valence-corrected chi connectivity index (χ4v) is 4.85. The van der Waals surface area contributed by atoms with Crippen LogP contribution < -0.4 is 0 Å². The molecule has 2 aromatic rings. The normalized spacial score (nSPS) is 28.1. The summed E-state index contributed by atoms with van der Waals surface area (Å²) in [7, 11) is 0. The summed E-state index contributed by atoms with van der Waals surface area (Å²) in [4.78, 5) is 30.1. The highest BCUT2D eigenvalue weighted by atomic mass is 16.5. The summed E-state index contributed by atoms with van der Waals surface area (Å²) in [5.41, 5.74) is 3.17. The van der Waals surface area contributed by atoms with E-state index in [1.54, 1.807) is 0 Å². The first-order valence-corrected chi connectivity index (χ1v) is 10.7. The van der Waals surface area contributed by atoms with Gasteiger partial charge in [0, 0.05) is 22.3 Å². The van der Waals surface area contributed by atoms with E-state index in [0.717, 1.165) is 24.0 Å². The number of carbonyl (C=O) groups excluding carboxylic acids is 2. The van der Waals surface area contributed by atoms with E-state index in [2.05, 4.69) is 0 Å². The SMILES string of the molecule is CC[C@H]1CO[C@H]2c3ccccc3C(=O)N2[C@H](CC)CO[C@@H]2c3ccccc3C(=O)N12. The van der Waals surface area contributed by atoms with Crippen molar-refractivity contribution in [2.75, 3.05) is 13.2 Å². The van der Waals surface area contributed by atoms with Gasteiger partial charge in [-0.15, -0.1) is 0 Å². The molecular formula is C24H26N2O4. The molecule has 6 nitrogen and oxygen atoms in total. The lowest BCUT2D eigenvalue weighted by molar-refractivity contribution is -0.137. The van der Waals surface area contributed by atoms with Crippen LogP contribution in [0.4, 0.5) is 0 Å². The van der Waals surface area contributed by atoms with Gasteiger partial charge in [0.05, 0.1) is 25.3 Å². The maximum atomic E-state index is 13.2. The molecule has 0 spiro atoms. The Hall–Kier alpha value is -2.70. The number of amides is 2. The van der Waals surface area contributed by atoms with Crippen molar-refractivity contribution in [3.05, 3.63) is 70.8 Å². The van der Waals surface area contributed by atoms with Gasteiger partial charge in [-0.05, 0) is 25.0 Å². The minimum Gasteiger partial charge on any atom is -0.352 e. The van der Waals surface area contributed by atoms with Gasteiger partial charge in [0.1, 0.15) is 0 Å². The molecule has 156 valence electrons. The lowest BCUT2D eigenvalue weighted by Gasteiger charge is -2.39. The highest BCUT2D eigenvalue weighted by molar-refractivity contribution is 6.00. The van der Waals surface area contributed by atoms with Crippen molar-refractivity contribution in [1.82, 2.24) is 9.80 Å². The number of rotatable bonds is 2. The zero-order valence-electron chi connectivity index (χ0n) is 17.3. The largest absolute Gasteiger partial charge is 0.352 e. The highest BCUT2D eigenvalue weighted by Gasteiger charge is 2.46. The van der Waals surface area contributed by atoms with Crippen molar-refractivity contribution in [3.8, 4) is 0 Å². The van der Waals surface area contributed by atoms with Crippen LogP contribution in [-0.2, 0) is 9.47 Å². The summed E-state index contributed by atoms with van der Waals surface area (Å²) in [6.45, 7) is 4.78. The summed E-state index contributed by atoms with van der Waals surface area (Å²) in [5, 5.41) is 0. The monoisotopic (exact) mass is 406 g/mol. The van der Waals surface area contributed by atoms with Gasteiger partial charge in [-0.2, -0.15) is 0 Å². The van der Waals surface area contributed by atoms with Gasteiger partial charge in [-0.25, -0.2) is 0 Å². The van der Waals surface area contributed by atoms with E-state index in [0.29, 0.717) is 24.3 Å². The molecule has 30 heavy (non-hydrogen) atoms. The van der Waals surface area contributed by atoms with Crippen molar-refractivity contribution >= 4 is 11.8 Å². The first-order valence-electron chi connectivity index (χ1n) is 10.7. The molecule has 4 atom stereocenters. The smallest absolute Gasteiger partial charge is 0.256 e. The summed E-state index contributed by atoms with van der Waals surface area (Å²) < 4.78 is 12.8. The van der Waals surface area contributed by atoms with Crippen LogP contribution in [0.2, 0.25) is 0 Å². The van der Waals surface area contributed by atoms with Crippen molar-refractivity contribution in [2.45, 2.75) is 51.2 Å². The standard InChI is InChI=1S/C24H26N2O4/c1-3-15-13-29-24-20-12-8-6-10-18(20)22(28)26(24)16(4-2)14-30-23-19-11-7-5-9-17(19)21(27)25(15)23/h5-12,15-16,23-24H,3-4,13-14H2,1-2H3/t15-,16+,23+,24-. The van der Waals surface area contributed by atoms with Crippen LogP contribution in [0, 0.1) is 0 Å². The number of ether oxygens (including phenoxy) is 2. The molecule has 0 bridgehead atoms. The Morgan fingerprint density at radius 1 is 0.733 bits per heavy atom. The van der Waals surface area contributed by atoms with Crippen LogP contribution in [0.3, 0.4) is 0 Å². The Balaban J connectivity index is 1.55. The minimum atomic E-state index is -0.451. The molecule has 3 heterocycles. The molecule has 3 aliphatic heterocycles. The first kappa shape index (κ1) is 19.3. The van der Waals surface area contributed by atoms with Crippen LogP contribution in [-0.4, -0.2) is 46.9 Å². The topological polar surface area (TPSA) is 59.1 Å². The van der Waals surface area contributed by atoms with Gasteiger partial charge >= 0.3 is 0 Å². The molecule has 0 radical (unpaired) electrons.